The van der Waals surface area contributed by atoms with Crippen molar-refractivity contribution in [2.75, 3.05) is 24.3 Å². The van der Waals surface area contributed by atoms with Crippen molar-refractivity contribution in [3.8, 4) is 5.75 Å². The van der Waals surface area contributed by atoms with Crippen molar-refractivity contribution in [2.45, 2.75) is 20.3 Å². The van der Waals surface area contributed by atoms with Crippen LogP contribution in [0.25, 0.3) is 0 Å². The molecule has 0 saturated carbocycles. The van der Waals surface area contributed by atoms with E-state index < -0.39 is 16.8 Å². The summed E-state index contributed by atoms with van der Waals surface area (Å²) in [6, 6.07) is 4.05. The molecule has 1 heterocycles. The number of carboxylic acid groups (broad SMARTS) is 1. The number of amides is 1. The van der Waals surface area contributed by atoms with Gasteiger partial charge in [-0.2, -0.15) is 0 Å². The molecule has 0 unspecified atom stereocenters. The predicted molar refractivity (Wildman–Crippen MR) is 113 cm³/mol. The average molecular weight is 449 g/mol. The zero-order chi connectivity index (χ0) is 23.1. The average Bonchev–Trinajstić information content (AvgIpc) is 3.11. The van der Waals surface area contributed by atoms with E-state index in [-0.39, 0.29) is 45.7 Å². The van der Waals surface area contributed by atoms with Crippen molar-refractivity contribution in [1.29, 1.82) is 0 Å². The monoisotopic (exact) mass is 449 g/mol. The highest BCUT2D eigenvalue weighted by Crippen LogP contribution is 2.41. The number of anilines is 2. The van der Waals surface area contributed by atoms with Crippen LogP contribution in [0.1, 0.15) is 29.9 Å². The molecule has 0 aliphatic carbocycles. The van der Waals surface area contributed by atoms with Crippen LogP contribution in [0, 0.1) is 10.1 Å². The maximum absolute atomic E-state index is 11.6. The molecular weight excluding hydrogens is 430 g/mol. The van der Waals surface area contributed by atoms with Gasteiger partial charge in [-0.1, -0.05) is 0 Å². The lowest BCUT2D eigenvalue weighted by molar-refractivity contribution is -0.383. The summed E-state index contributed by atoms with van der Waals surface area (Å²) in [4.78, 5) is 44.6. The highest BCUT2D eigenvalue weighted by molar-refractivity contribution is 7.18. The molecule has 1 amide bonds. The number of aliphatic carboxylic acids is 1. The third kappa shape index (κ3) is 6.30. The summed E-state index contributed by atoms with van der Waals surface area (Å²) in [7, 11) is 1.39. The normalized spacial score (nSPS) is 10.7. The van der Waals surface area contributed by atoms with Crippen LogP contribution in [0.2, 0.25) is 0 Å². The van der Waals surface area contributed by atoms with Gasteiger partial charge >= 0.3 is 11.7 Å². The molecule has 12 nitrogen and oxygen atoms in total. The summed E-state index contributed by atoms with van der Waals surface area (Å²) in [5, 5.41) is 33.3. The molecule has 0 saturated heterocycles. The Morgan fingerprint density at radius 2 is 1.90 bits per heavy atom. The Labute approximate surface area is 180 Å². The molecule has 0 aliphatic heterocycles. The lowest BCUT2D eigenvalue weighted by Crippen LogP contribution is -2.10. The first-order valence-electron chi connectivity index (χ1n) is 8.78. The smallest absolute Gasteiger partial charge is 0.308 e. The second-order valence-corrected chi connectivity index (χ2v) is 7.17. The number of hydrogen-bond acceptors (Lipinski definition) is 10. The predicted octanol–water partition coefficient (Wildman–Crippen LogP) is 4.13. The summed E-state index contributed by atoms with van der Waals surface area (Å²) in [5.41, 5.74) is 0.412. The quantitative estimate of drug-likeness (QED) is 0.210. The first-order valence-corrected chi connectivity index (χ1v) is 9.60. The highest BCUT2D eigenvalue weighted by atomic mass is 32.1. The van der Waals surface area contributed by atoms with Crippen LogP contribution < -0.4 is 15.4 Å². The van der Waals surface area contributed by atoms with Gasteiger partial charge in [0.05, 0.1) is 34.7 Å². The topological polar surface area (TPSA) is 173 Å². The molecular formula is C18H19N5O7S. The molecule has 2 aromatic rings. The maximum Gasteiger partial charge on any atom is 0.308 e. The van der Waals surface area contributed by atoms with Crippen LogP contribution in [-0.4, -0.2) is 41.3 Å². The number of rotatable bonds is 10. The fraction of sp³-hybridized carbons (Fsp3) is 0.278. The Bertz CT molecular complexity index is 1060. The Hall–Kier alpha value is -3.87. The van der Waals surface area contributed by atoms with Crippen LogP contribution in [0.15, 0.2) is 28.4 Å². The van der Waals surface area contributed by atoms with Gasteiger partial charge in [0.15, 0.2) is 5.78 Å². The van der Waals surface area contributed by atoms with E-state index in [0.717, 1.165) is 17.4 Å². The minimum absolute atomic E-state index is 0.0772. The number of Topliss-reactive ketones (excluding diaryl/α,β-unsaturated/α-hetero) is 1. The van der Waals surface area contributed by atoms with Gasteiger partial charge in [-0.15, -0.1) is 21.6 Å². The Balaban J connectivity index is 2.47. The van der Waals surface area contributed by atoms with Crippen LogP contribution in [0.4, 0.5) is 27.8 Å². The fourth-order valence-corrected chi connectivity index (χ4v) is 3.24. The number of ketones is 1. The van der Waals surface area contributed by atoms with E-state index in [2.05, 4.69) is 20.9 Å². The van der Waals surface area contributed by atoms with E-state index in [1.165, 1.54) is 33.1 Å². The van der Waals surface area contributed by atoms with Gasteiger partial charge in [0.2, 0.25) is 10.9 Å². The lowest BCUT2D eigenvalue weighted by Gasteiger charge is -2.14. The van der Waals surface area contributed by atoms with Gasteiger partial charge in [-0.3, -0.25) is 24.5 Å². The lowest BCUT2D eigenvalue weighted by atomic mass is 10.2. The van der Waals surface area contributed by atoms with Gasteiger partial charge < -0.3 is 20.5 Å². The number of hydrogen-bond donors (Lipinski definition) is 3. The Morgan fingerprint density at radius 3 is 2.45 bits per heavy atom. The summed E-state index contributed by atoms with van der Waals surface area (Å²) < 4.78 is 5.28. The first kappa shape index (κ1) is 23.4. The number of thiophene rings is 1. The summed E-state index contributed by atoms with van der Waals surface area (Å²) >= 11 is 0.824. The van der Waals surface area contributed by atoms with Gasteiger partial charge in [0, 0.05) is 25.6 Å². The number of carbonyl (C=O) groups excluding carboxylic acids is 2. The van der Waals surface area contributed by atoms with E-state index in [9.17, 15) is 24.5 Å². The molecule has 164 valence electrons. The number of nitrogens with zero attached hydrogens (tertiary/aromatic N) is 3. The summed E-state index contributed by atoms with van der Waals surface area (Å²) in [6.07, 6.45) is -0.138. The number of nitrogens with one attached hydrogen (secondary N) is 2. The molecule has 0 atom stereocenters. The van der Waals surface area contributed by atoms with Gasteiger partial charge in [-0.05, 0) is 13.0 Å². The number of nitro groups is 1. The largest absolute Gasteiger partial charge is 0.495 e. The summed E-state index contributed by atoms with van der Waals surface area (Å²) in [6.45, 7) is 2.68. The van der Waals surface area contributed by atoms with Crippen LogP contribution in [0.5, 0.6) is 5.75 Å². The summed E-state index contributed by atoms with van der Waals surface area (Å²) in [5.74, 6) is -1.44. The van der Waals surface area contributed by atoms with Crippen molar-refractivity contribution < 1.29 is 29.2 Å². The molecule has 0 spiro atoms. The number of ether oxygens (including phenoxy) is 1. The highest BCUT2D eigenvalue weighted by Gasteiger charge is 2.21. The van der Waals surface area contributed by atoms with Crippen LogP contribution in [0.3, 0.4) is 0 Å². The molecule has 3 N–H and O–H groups in total. The molecule has 0 aliphatic rings. The minimum atomic E-state index is -0.985. The molecule has 0 bridgehead atoms. The van der Waals surface area contributed by atoms with Crippen molar-refractivity contribution in [3.05, 3.63) is 33.2 Å². The van der Waals surface area contributed by atoms with Crippen LogP contribution >= 0.6 is 11.3 Å². The van der Waals surface area contributed by atoms with Gasteiger partial charge in [0.1, 0.15) is 11.4 Å². The van der Waals surface area contributed by atoms with Crippen molar-refractivity contribution in [2.24, 2.45) is 10.2 Å². The van der Waals surface area contributed by atoms with Gasteiger partial charge in [-0.25, -0.2) is 0 Å². The van der Waals surface area contributed by atoms with Gasteiger partial charge in [0.25, 0.3) is 0 Å². The van der Waals surface area contributed by atoms with Crippen molar-refractivity contribution >= 4 is 56.7 Å². The molecule has 31 heavy (non-hydrogen) atoms. The second-order valence-electron chi connectivity index (χ2n) is 6.14. The number of azo groups is 1. The molecule has 0 fully saturated rings. The first-order chi connectivity index (χ1) is 14.6. The maximum atomic E-state index is 11.6. The van der Waals surface area contributed by atoms with E-state index in [0.29, 0.717) is 11.4 Å². The third-order valence-electron chi connectivity index (χ3n) is 3.77. The molecule has 1 aromatic carbocycles. The zero-order valence-electron chi connectivity index (χ0n) is 16.8. The van der Waals surface area contributed by atoms with E-state index >= 15 is 0 Å². The SMILES string of the molecule is COc1cc(N=Nc2sc(C(C)=O)cc2[N+](=O)[O-])c(NC(C)=O)cc1NCCC(=O)O. The number of carbonyl (C=O) groups is 3. The number of methoxy groups -OCH3 is 1. The Morgan fingerprint density at radius 1 is 1.19 bits per heavy atom. The van der Waals surface area contributed by atoms with E-state index in [4.69, 9.17) is 9.84 Å². The zero-order valence-corrected chi connectivity index (χ0v) is 17.6. The molecule has 0 radical (unpaired) electrons. The second kappa shape index (κ2) is 10.2. The minimum Gasteiger partial charge on any atom is -0.495 e. The standard InChI is InChI=1S/C18H19N5O7S/c1-9(24)16-8-14(23(28)29)18(31-16)22-21-12-7-15(30-3)13(19-5-4-17(26)27)6-11(12)20-10(2)25/h6-8,19H,4-5H2,1-3H3,(H,20,25)(H,26,27). The van der Waals surface area contributed by atoms with E-state index in [1.807, 2.05) is 0 Å². The number of carboxylic acids is 1. The fourth-order valence-electron chi connectivity index (χ4n) is 2.40. The molecule has 13 heteroatoms. The third-order valence-corrected chi connectivity index (χ3v) is 4.88. The van der Waals surface area contributed by atoms with Crippen molar-refractivity contribution in [1.82, 2.24) is 0 Å². The molecule has 1 aromatic heterocycles. The molecule has 2 rings (SSSR count). The Kier molecular flexibility index (Phi) is 7.74. The number of benzene rings is 1. The van der Waals surface area contributed by atoms with E-state index in [1.54, 1.807) is 0 Å². The van der Waals surface area contributed by atoms with Crippen molar-refractivity contribution in [3.63, 3.8) is 0 Å². The van der Waals surface area contributed by atoms with Crippen LogP contribution in [-0.2, 0) is 9.59 Å².